The Morgan fingerprint density at radius 1 is 0.875 bits per heavy atom. The van der Waals surface area contributed by atoms with E-state index < -0.39 is 0 Å². The summed E-state index contributed by atoms with van der Waals surface area (Å²) in [7, 11) is 0. The minimum absolute atomic E-state index is 0.286. The summed E-state index contributed by atoms with van der Waals surface area (Å²) in [6.45, 7) is 0. The molecule has 0 aromatic heterocycles. The highest BCUT2D eigenvalue weighted by molar-refractivity contribution is 5.59. The van der Waals surface area contributed by atoms with Crippen LogP contribution in [0.25, 0.3) is 6.08 Å². The molecule has 0 atom stereocenters. The fraction of sp³-hybridized carbons (Fsp3) is 0. The van der Waals surface area contributed by atoms with E-state index in [9.17, 15) is 5.11 Å². The summed E-state index contributed by atoms with van der Waals surface area (Å²) < 4.78 is 0. The average Bonchev–Trinajstić information content (AvgIpc) is 2.33. The number of para-hydroxylation sites is 2. The first-order chi connectivity index (χ1) is 7.86. The van der Waals surface area contributed by atoms with Crippen molar-refractivity contribution in [1.82, 2.24) is 0 Å². The molecule has 0 spiro atoms. The second-order valence-corrected chi connectivity index (χ2v) is 3.40. The first kappa shape index (κ1) is 10.3. The lowest BCUT2D eigenvalue weighted by molar-refractivity contribution is 0.474. The predicted molar refractivity (Wildman–Crippen MR) is 67.2 cm³/mol. The topological polar surface area (TPSA) is 32.3 Å². The number of aromatic hydroxyl groups is 1. The smallest absolute Gasteiger partial charge is 0.122 e. The maximum Gasteiger partial charge on any atom is 0.122 e. The van der Waals surface area contributed by atoms with E-state index in [0.29, 0.717) is 0 Å². The van der Waals surface area contributed by atoms with Crippen molar-refractivity contribution in [3.63, 3.8) is 0 Å². The van der Waals surface area contributed by atoms with Crippen LogP contribution in [0.4, 0.5) is 5.69 Å². The molecule has 0 unspecified atom stereocenters. The zero-order valence-corrected chi connectivity index (χ0v) is 8.80. The molecule has 2 N–H and O–H groups in total. The largest absolute Gasteiger partial charge is 0.507 e. The van der Waals surface area contributed by atoms with Gasteiger partial charge < -0.3 is 10.4 Å². The number of phenolic OH excluding ortho intramolecular Hbond substituents is 1. The van der Waals surface area contributed by atoms with Gasteiger partial charge >= 0.3 is 0 Å². The minimum Gasteiger partial charge on any atom is -0.507 e. The summed E-state index contributed by atoms with van der Waals surface area (Å²) in [6, 6.07) is 17.1. The summed E-state index contributed by atoms with van der Waals surface area (Å²) in [5.74, 6) is 0.286. The Bertz CT molecular complexity index is 477. The number of anilines is 1. The molecule has 2 rings (SSSR count). The van der Waals surface area contributed by atoms with Gasteiger partial charge in [-0.15, -0.1) is 0 Å². The first-order valence-electron chi connectivity index (χ1n) is 5.12. The highest BCUT2D eigenvalue weighted by Crippen LogP contribution is 2.17. The van der Waals surface area contributed by atoms with E-state index in [-0.39, 0.29) is 5.75 Å². The molecular formula is C14H13NO. The molecule has 0 bridgehead atoms. The third-order valence-corrected chi connectivity index (χ3v) is 2.22. The number of phenols is 1. The van der Waals surface area contributed by atoms with Gasteiger partial charge in [-0.2, -0.15) is 0 Å². The fourth-order valence-electron chi connectivity index (χ4n) is 1.39. The molecule has 0 radical (unpaired) electrons. The molecule has 0 heterocycles. The molecular weight excluding hydrogens is 198 g/mol. The maximum absolute atomic E-state index is 9.53. The first-order valence-corrected chi connectivity index (χ1v) is 5.12. The number of hydrogen-bond acceptors (Lipinski definition) is 2. The molecule has 0 aliphatic rings. The zero-order chi connectivity index (χ0) is 11.2. The summed E-state index contributed by atoms with van der Waals surface area (Å²) in [6.07, 6.45) is 3.65. The SMILES string of the molecule is Oc1ccccc1C=CNc1ccccc1. The van der Waals surface area contributed by atoms with E-state index in [1.54, 1.807) is 12.1 Å². The molecule has 2 nitrogen and oxygen atoms in total. The van der Waals surface area contributed by atoms with Gasteiger partial charge in [0.2, 0.25) is 0 Å². The Hall–Kier alpha value is -2.22. The van der Waals surface area contributed by atoms with Gasteiger partial charge in [-0.3, -0.25) is 0 Å². The predicted octanol–water partition coefficient (Wildman–Crippen LogP) is 3.48. The van der Waals surface area contributed by atoms with Crippen molar-refractivity contribution in [2.75, 3.05) is 5.32 Å². The van der Waals surface area contributed by atoms with Crippen LogP contribution in [0.15, 0.2) is 60.8 Å². The van der Waals surface area contributed by atoms with Crippen LogP contribution in [-0.2, 0) is 0 Å². The summed E-state index contributed by atoms with van der Waals surface area (Å²) in [5.41, 5.74) is 1.82. The lowest BCUT2D eigenvalue weighted by atomic mass is 10.2. The van der Waals surface area contributed by atoms with Crippen LogP contribution in [0.5, 0.6) is 5.75 Å². The van der Waals surface area contributed by atoms with Gasteiger partial charge in [-0.25, -0.2) is 0 Å². The quantitative estimate of drug-likeness (QED) is 0.814. The molecule has 16 heavy (non-hydrogen) atoms. The molecule has 0 aliphatic carbocycles. The highest BCUT2D eigenvalue weighted by atomic mass is 16.3. The van der Waals surface area contributed by atoms with E-state index in [0.717, 1.165) is 11.3 Å². The molecule has 0 saturated carbocycles. The lowest BCUT2D eigenvalue weighted by Gasteiger charge is -2.00. The lowest BCUT2D eigenvalue weighted by Crippen LogP contribution is -1.85. The van der Waals surface area contributed by atoms with Gasteiger partial charge in [0, 0.05) is 17.5 Å². The third-order valence-electron chi connectivity index (χ3n) is 2.22. The van der Waals surface area contributed by atoms with E-state index in [1.165, 1.54) is 0 Å². The van der Waals surface area contributed by atoms with Gasteiger partial charge in [-0.1, -0.05) is 36.4 Å². The van der Waals surface area contributed by atoms with Crippen LogP contribution in [0, 0.1) is 0 Å². The van der Waals surface area contributed by atoms with Gasteiger partial charge in [0.05, 0.1) is 0 Å². The Morgan fingerprint density at radius 3 is 2.31 bits per heavy atom. The van der Waals surface area contributed by atoms with Crippen molar-refractivity contribution in [2.24, 2.45) is 0 Å². The molecule has 0 saturated heterocycles. The normalized spacial score (nSPS) is 10.5. The van der Waals surface area contributed by atoms with E-state index in [2.05, 4.69) is 5.32 Å². The van der Waals surface area contributed by atoms with E-state index in [1.807, 2.05) is 54.7 Å². The summed E-state index contributed by atoms with van der Waals surface area (Å²) >= 11 is 0. The average molecular weight is 211 g/mol. The third kappa shape index (κ3) is 2.64. The Labute approximate surface area is 94.9 Å². The van der Waals surface area contributed by atoms with Crippen LogP contribution >= 0.6 is 0 Å². The summed E-state index contributed by atoms with van der Waals surface area (Å²) in [5, 5.41) is 12.7. The molecule has 80 valence electrons. The standard InChI is InChI=1S/C14H13NO/c16-14-9-5-4-6-12(14)10-11-15-13-7-2-1-3-8-13/h1-11,15-16H. The molecule has 0 fully saturated rings. The van der Waals surface area contributed by atoms with Crippen molar-refractivity contribution in [3.05, 3.63) is 66.4 Å². The van der Waals surface area contributed by atoms with Crippen molar-refractivity contribution >= 4 is 11.8 Å². The van der Waals surface area contributed by atoms with E-state index in [4.69, 9.17) is 0 Å². The number of hydrogen-bond donors (Lipinski definition) is 2. The van der Waals surface area contributed by atoms with Gasteiger partial charge in [0.15, 0.2) is 0 Å². The van der Waals surface area contributed by atoms with Crippen LogP contribution in [0.2, 0.25) is 0 Å². The molecule has 0 aliphatic heterocycles. The maximum atomic E-state index is 9.53. The second kappa shape index (κ2) is 5.03. The Balaban J connectivity index is 2.03. The molecule has 0 amide bonds. The van der Waals surface area contributed by atoms with Gasteiger partial charge in [-0.05, 0) is 24.3 Å². The molecule has 2 aromatic rings. The second-order valence-electron chi connectivity index (χ2n) is 3.40. The van der Waals surface area contributed by atoms with Crippen LogP contribution < -0.4 is 5.32 Å². The van der Waals surface area contributed by atoms with Gasteiger partial charge in [0.1, 0.15) is 5.75 Å². The Morgan fingerprint density at radius 2 is 1.56 bits per heavy atom. The minimum atomic E-state index is 0.286. The van der Waals surface area contributed by atoms with Crippen molar-refractivity contribution in [3.8, 4) is 5.75 Å². The number of rotatable bonds is 3. The van der Waals surface area contributed by atoms with Gasteiger partial charge in [0.25, 0.3) is 0 Å². The fourth-order valence-corrected chi connectivity index (χ4v) is 1.39. The highest BCUT2D eigenvalue weighted by Gasteiger charge is 1.92. The Kier molecular flexibility index (Phi) is 3.24. The van der Waals surface area contributed by atoms with Crippen LogP contribution in [0.1, 0.15) is 5.56 Å². The monoisotopic (exact) mass is 211 g/mol. The van der Waals surface area contributed by atoms with Crippen molar-refractivity contribution < 1.29 is 5.11 Å². The summed E-state index contributed by atoms with van der Waals surface area (Å²) in [4.78, 5) is 0. The van der Waals surface area contributed by atoms with Crippen LogP contribution in [0.3, 0.4) is 0 Å². The molecule has 2 aromatic carbocycles. The van der Waals surface area contributed by atoms with E-state index >= 15 is 0 Å². The van der Waals surface area contributed by atoms with Crippen molar-refractivity contribution in [2.45, 2.75) is 0 Å². The number of benzene rings is 2. The number of nitrogens with one attached hydrogen (secondary N) is 1. The van der Waals surface area contributed by atoms with Crippen LogP contribution in [-0.4, -0.2) is 5.11 Å². The zero-order valence-electron chi connectivity index (χ0n) is 8.80. The molecule has 2 heteroatoms. The van der Waals surface area contributed by atoms with Crippen molar-refractivity contribution in [1.29, 1.82) is 0 Å².